The number of carbonyl (C=O) groups excluding carboxylic acids is 2. The van der Waals surface area contributed by atoms with Gasteiger partial charge in [-0.1, -0.05) is 48.9 Å². The molecule has 2 aromatic heterocycles. The molecule has 1 atom stereocenters. The van der Waals surface area contributed by atoms with Crippen LogP contribution in [0.15, 0.2) is 53.3 Å². The summed E-state index contributed by atoms with van der Waals surface area (Å²) in [6, 6.07) is 16.2. The lowest BCUT2D eigenvalue weighted by Gasteiger charge is -2.17. The molecule has 2 heterocycles. The highest BCUT2D eigenvalue weighted by atomic mass is 35.5. The second-order valence-electron chi connectivity index (χ2n) is 9.43. The molecule has 0 saturated heterocycles. The van der Waals surface area contributed by atoms with Gasteiger partial charge < -0.3 is 14.6 Å². The van der Waals surface area contributed by atoms with Crippen molar-refractivity contribution in [2.24, 2.45) is 13.0 Å². The molecule has 5 rings (SSSR count). The standard InChI is InChI=1S/C29H24ClN3O4S/c1-16-7-12-19-22(14-31)27(38-23(19)13-16)32-24(34)15-37-29(36)26-25(17-8-10-18(30)11-9-17)20-5-3-4-6-21(20)28(35)33(26)2/h3-6,8-11,16H,7,12-13,15H2,1-2H3,(H,32,34). The molecule has 2 aromatic carbocycles. The normalized spacial score (nSPS) is 14.5. The van der Waals surface area contributed by atoms with Crippen LogP contribution >= 0.6 is 22.9 Å². The van der Waals surface area contributed by atoms with E-state index in [1.807, 2.05) is 0 Å². The molecule has 0 bridgehead atoms. The van der Waals surface area contributed by atoms with Crippen LogP contribution in [0.5, 0.6) is 0 Å². The molecule has 9 heteroatoms. The van der Waals surface area contributed by atoms with Crippen LogP contribution in [-0.2, 0) is 29.4 Å². The second-order valence-corrected chi connectivity index (χ2v) is 11.0. The van der Waals surface area contributed by atoms with Crippen LogP contribution < -0.4 is 10.9 Å². The van der Waals surface area contributed by atoms with Gasteiger partial charge in [0.1, 0.15) is 16.8 Å². The molecule has 1 aliphatic rings. The molecule has 0 fully saturated rings. The first kappa shape index (κ1) is 25.7. The molecular weight excluding hydrogens is 522 g/mol. The summed E-state index contributed by atoms with van der Waals surface area (Å²) in [7, 11) is 1.50. The van der Waals surface area contributed by atoms with Gasteiger partial charge in [0.15, 0.2) is 6.61 Å². The Balaban J connectivity index is 1.44. The number of thiophene rings is 1. The largest absolute Gasteiger partial charge is 0.451 e. The van der Waals surface area contributed by atoms with Crippen LogP contribution in [0.25, 0.3) is 21.9 Å². The van der Waals surface area contributed by atoms with Gasteiger partial charge in [0.2, 0.25) is 0 Å². The third-order valence-corrected chi connectivity index (χ3v) is 8.26. The molecule has 38 heavy (non-hydrogen) atoms. The summed E-state index contributed by atoms with van der Waals surface area (Å²) in [5.41, 5.74) is 2.35. The van der Waals surface area contributed by atoms with Gasteiger partial charge in [-0.2, -0.15) is 5.26 Å². The van der Waals surface area contributed by atoms with E-state index in [1.54, 1.807) is 48.5 Å². The fourth-order valence-corrected chi connectivity index (χ4v) is 6.44. The zero-order chi connectivity index (χ0) is 27.0. The number of halogens is 1. The molecule has 1 unspecified atom stereocenters. The first-order valence-corrected chi connectivity index (χ1v) is 13.4. The molecule has 0 spiro atoms. The van der Waals surface area contributed by atoms with Crippen molar-refractivity contribution in [3.8, 4) is 17.2 Å². The van der Waals surface area contributed by atoms with Crippen LogP contribution in [0.2, 0.25) is 5.02 Å². The van der Waals surface area contributed by atoms with Gasteiger partial charge in [-0.05, 0) is 59.9 Å². The highest BCUT2D eigenvalue weighted by Gasteiger charge is 2.26. The van der Waals surface area contributed by atoms with E-state index in [-0.39, 0.29) is 11.3 Å². The average Bonchev–Trinajstić information content (AvgIpc) is 3.25. The Kier molecular flexibility index (Phi) is 7.06. The van der Waals surface area contributed by atoms with Crippen molar-refractivity contribution in [1.82, 2.24) is 4.57 Å². The van der Waals surface area contributed by atoms with Crippen molar-refractivity contribution >= 4 is 50.6 Å². The molecule has 0 aliphatic heterocycles. The molecule has 0 saturated carbocycles. The highest BCUT2D eigenvalue weighted by molar-refractivity contribution is 7.16. The smallest absolute Gasteiger partial charge is 0.356 e. The Bertz CT molecular complexity index is 1680. The maximum atomic E-state index is 13.4. The number of esters is 1. The third-order valence-electron chi connectivity index (χ3n) is 6.84. The van der Waals surface area contributed by atoms with E-state index in [2.05, 4.69) is 18.3 Å². The fraction of sp³-hybridized carbons (Fsp3) is 0.241. The van der Waals surface area contributed by atoms with Crippen LogP contribution in [0.1, 0.15) is 39.8 Å². The number of amides is 1. The average molecular weight is 546 g/mol. The lowest BCUT2D eigenvalue weighted by Crippen LogP contribution is -2.28. The lowest BCUT2D eigenvalue weighted by molar-refractivity contribution is -0.119. The number of carbonyl (C=O) groups is 2. The number of nitrogens with zero attached hydrogens (tertiary/aromatic N) is 2. The Morgan fingerprint density at radius 1 is 1.18 bits per heavy atom. The molecular formula is C29H24ClN3O4S. The van der Waals surface area contributed by atoms with E-state index in [0.29, 0.717) is 43.4 Å². The molecule has 0 radical (unpaired) electrons. The van der Waals surface area contributed by atoms with Gasteiger partial charge in [-0.25, -0.2) is 4.79 Å². The van der Waals surface area contributed by atoms with Gasteiger partial charge in [0.05, 0.1) is 5.56 Å². The summed E-state index contributed by atoms with van der Waals surface area (Å²) in [4.78, 5) is 40.3. The van der Waals surface area contributed by atoms with E-state index in [9.17, 15) is 19.6 Å². The number of nitriles is 1. The zero-order valence-corrected chi connectivity index (χ0v) is 22.4. The van der Waals surface area contributed by atoms with E-state index in [0.717, 1.165) is 29.7 Å². The molecule has 4 aromatic rings. The van der Waals surface area contributed by atoms with Crippen molar-refractivity contribution in [3.05, 3.63) is 85.6 Å². The number of rotatable bonds is 5. The number of nitrogens with one attached hydrogen (secondary N) is 1. The van der Waals surface area contributed by atoms with E-state index in [1.165, 1.54) is 23.0 Å². The van der Waals surface area contributed by atoms with Crippen LogP contribution in [0.4, 0.5) is 5.00 Å². The zero-order valence-electron chi connectivity index (χ0n) is 20.8. The number of pyridine rings is 1. The van der Waals surface area contributed by atoms with Crippen molar-refractivity contribution in [2.75, 3.05) is 11.9 Å². The van der Waals surface area contributed by atoms with Gasteiger partial charge in [-0.3, -0.25) is 9.59 Å². The summed E-state index contributed by atoms with van der Waals surface area (Å²) < 4.78 is 6.66. The number of hydrogen-bond donors (Lipinski definition) is 1. The quantitative estimate of drug-likeness (QED) is 0.324. The summed E-state index contributed by atoms with van der Waals surface area (Å²) in [6.07, 6.45) is 2.69. The van der Waals surface area contributed by atoms with E-state index >= 15 is 0 Å². The number of aromatic nitrogens is 1. The molecule has 1 aliphatic carbocycles. The molecule has 1 amide bonds. The first-order valence-electron chi connectivity index (χ1n) is 12.2. The Morgan fingerprint density at radius 3 is 2.61 bits per heavy atom. The second kappa shape index (κ2) is 10.4. The Hall–Kier alpha value is -3.93. The number of ether oxygens (including phenoxy) is 1. The van der Waals surface area contributed by atoms with Gasteiger partial charge in [0, 0.05) is 27.9 Å². The highest BCUT2D eigenvalue weighted by Crippen LogP contribution is 2.39. The summed E-state index contributed by atoms with van der Waals surface area (Å²) >= 11 is 7.48. The number of anilines is 1. The predicted molar refractivity (Wildman–Crippen MR) is 149 cm³/mol. The molecule has 192 valence electrons. The SMILES string of the molecule is CC1CCc2c(sc(NC(=O)COC(=O)c3c(-c4ccc(Cl)cc4)c4ccccc4c(=O)n3C)c2C#N)C1. The number of fused-ring (bicyclic) bond motifs is 2. The summed E-state index contributed by atoms with van der Waals surface area (Å²) in [5, 5.41) is 14.5. The van der Waals surface area contributed by atoms with Crippen molar-refractivity contribution in [2.45, 2.75) is 26.2 Å². The topological polar surface area (TPSA) is 101 Å². The molecule has 1 N–H and O–H groups in total. The third kappa shape index (κ3) is 4.71. The molecule has 7 nitrogen and oxygen atoms in total. The van der Waals surface area contributed by atoms with E-state index < -0.39 is 18.5 Å². The minimum absolute atomic E-state index is 0.0297. The monoisotopic (exact) mass is 545 g/mol. The van der Waals surface area contributed by atoms with Crippen LogP contribution in [0.3, 0.4) is 0 Å². The summed E-state index contributed by atoms with van der Waals surface area (Å²) in [6.45, 7) is 1.61. The summed E-state index contributed by atoms with van der Waals surface area (Å²) in [5.74, 6) is -0.837. The van der Waals surface area contributed by atoms with Crippen molar-refractivity contribution < 1.29 is 14.3 Å². The minimum Gasteiger partial charge on any atom is -0.451 e. The van der Waals surface area contributed by atoms with E-state index in [4.69, 9.17) is 16.3 Å². The van der Waals surface area contributed by atoms with Gasteiger partial charge in [0.25, 0.3) is 11.5 Å². The van der Waals surface area contributed by atoms with Gasteiger partial charge >= 0.3 is 5.97 Å². The number of benzene rings is 2. The minimum atomic E-state index is -0.810. The van der Waals surface area contributed by atoms with Crippen molar-refractivity contribution in [1.29, 1.82) is 5.26 Å². The fourth-order valence-electron chi connectivity index (χ4n) is 4.93. The van der Waals surface area contributed by atoms with Gasteiger partial charge in [-0.15, -0.1) is 11.3 Å². The first-order chi connectivity index (χ1) is 18.3. The number of hydrogen-bond acceptors (Lipinski definition) is 6. The Labute approximate surface area is 228 Å². The Morgan fingerprint density at radius 2 is 1.89 bits per heavy atom. The van der Waals surface area contributed by atoms with Crippen LogP contribution in [0, 0.1) is 17.2 Å². The van der Waals surface area contributed by atoms with Crippen LogP contribution in [-0.4, -0.2) is 23.1 Å². The lowest BCUT2D eigenvalue weighted by atomic mass is 9.89. The predicted octanol–water partition coefficient (Wildman–Crippen LogP) is 5.71. The maximum Gasteiger partial charge on any atom is 0.356 e. The maximum absolute atomic E-state index is 13.4. The van der Waals surface area contributed by atoms with Crippen molar-refractivity contribution in [3.63, 3.8) is 0 Å².